The first-order chi connectivity index (χ1) is 14.0. The van der Waals surface area contributed by atoms with E-state index in [2.05, 4.69) is 52.7 Å². The maximum Gasteiger partial charge on any atom is 0.227 e. The van der Waals surface area contributed by atoms with Crippen LogP contribution in [-0.2, 0) is 11.3 Å². The third kappa shape index (κ3) is 9.20. The summed E-state index contributed by atoms with van der Waals surface area (Å²) in [6.45, 7) is 10.7. The van der Waals surface area contributed by atoms with Crippen LogP contribution >= 0.6 is 24.0 Å². The molecular formula is C23H40IN5O. The fraction of sp³-hybridized carbons (Fsp3) is 0.652. The van der Waals surface area contributed by atoms with Gasteiger partial charge in [-0.1, -0.05) is 32.4 Å². The van der Waals surface area contributed by atoms with Gasteiger partial charge < -0.3 is 20.9 Å². The first-order valence-corrected chi connectivity index (χ1v) is 11.1. The highest BCUT2D eigenvalue weighted by Crippen LogP contribution is 2.27. The summed E-state index contributed by atoms with van der Waals surface area (Å²) in [5.41, 5.74) is 1.99. The fourth-order valence-electron chi connectivity index (χ4n) is 3.52. The van der Waals surface area contributed by atoms with Crippen molar-refractivity contribution >= 4 is 41.5 Å². The minimum atomic E-state index is 0. The number of guanidine groups is 1. The summed E-state index contributed by atoms with van der Waals surface area (Å²) in [5.74, 6) is 1.16. The van der Waals surface area contributed by atoms with Crippen molar-refractivity contribution in [2.24, 2.45) is 10.9 Å². The van der Waals surface area contributed by atoms with Crippen LogP contribution in [0.2, 0.25) is 0 Å². The largest absolute Gasteiger partial charge is 0.354 e. The van der Waals surface area contributed by atoms with Gasteiger partial charge in [-0.25, -0.2) is 0 Å². The molecule has 7 heteroatoms. The van der Waals surface area contributed by atoms with Gasteiger partial charge in [0, 0.05) is 31.2 Å². The van der Waals surface area contributed by atoms with Gasteiger partial charge >= 0.3 is 0 Å². The number of halogens is 1. The fourth-order valence-corrected chi connectivity index (χ4v) is 3.52. The third-order valence-corrected chi connectivity index (χ3v) is 5.74. The summed E-state index contributed by atoms with van der Waals surface area (Å²) in [7, 11) is 1.80. The van der Waals surface area contributed by atoms with E-state index in [0.717, 1.165) is 56.1 Å². The Kier molecular flexibility index (Phi) is 13.0. The Labute approximate surface area is 199 Å². The maximum absolute atomic E-state index is 12.1. The lowest BCUT2D eigenvalue weighted by Crippen LogP contribution is -2.42. The number of hydrogen-bond acceptors (Lipinski definition) is 3. The molecule has 1 aromatic carbocycles. The van der Waals surface area contributed by atoms with E-state index in [1.54, 1.807) is 7.05 Å². The molecule has 1 aliphatic carbocycles. The molecule has 170 valence electrons. The second kappa shape index (κ2) is 14.6. The maximum atomic E-state index is 12.1. The van der Waals surface area contributed by atoms with Gasteiger partial charge in [-0.05, 0) is 69.9 Å². The van der Waals surface area contributed by atoms with E-state index in [1.807, 2.05) is 18.2 Å². The van der Waals surface area contributed by atoms with Gasteiger partial charge in [0.2, 0.25) is 5.91 Å². The average molecular weight is 530 g/mol. The van der Waals surface area contributed by atoms with Crippen molar-refractivity contribution in [1.82, 2.24) is 15.5 Å². The number of rotatable bonds is 11. The van der Waals surface area contributed by atoms with Crippen LogP contribution in [0.4, 0.5) is 5.69 Å². The minimum Gasteiger partial charge on any atom is -0.354 e. The van der Waals surface area contributed by atoms with Crippen molar-refractivity contribution in [3.8, 4) is 0 Å². The molecule has 3 N–H and O–H groups in total. The molecular weight excluding hydrogens is 489 g/mol. The molecule has 0 radical (unpaired) electrons. The minimum absolute atomic E-state index is 0. The number of anilines is 1. The highest BCUT2D eigenvalue weighted by molar-refractivity contribution is 14.0. The molecule has 30 heavy (non-hydrogen) atoms. The van der Waals surface area contributed by atoms with Crippen molar-refractivity contribution in [1.29, 1.82) is 0 Å². The van der Waals surface area contributed by atoms with E-state index < -0.39 is 0 Å². The van der Waals surface area contributed by atoms with E-state index >= 15 is 0 Å². The number of nitrogens with one attached hydrogen (secondary N) is 3. The Bertz CT molecular complexity index is 659. The zero-order valence-electron chi connectivity index (χ0n) is 19.0. The van der Waals surface area contributed by atoms with Crippen molar-refractivity contribution < 1.29 is 4.79 Å². The van der Waals surface area contributed by atoms with Crippen molar-refractivity contribution in [3.05, 3.63) is 29.8 Å². The van der Waals surface area contributed by atoms with Crippen LogP contribution in [0, 0.1) is 5.92 Å². The van der Waals surface area contributed by atoms with Gasteiger partial charge in [-0.3, -0.25) is 9.79 Å². The van der Waals surface area contributed by atoms with Gasteiger partial charge in [-0.15, -0.1) is 24.0 Å². The Balaban J connectivity index is 0.00000450. The van der Waals surface area contributed by atoms with Crippen molar-refractivity contribution in [2.75, 3.05) is 32.0 Å². The number of carbonyl (C=O) groups is 1. The molecule has 6 nitrogen and oxygen atoms in total. The molecule has 1 aliphatic rings. The summed E-state index contributed by atoms with van der Waals surface area (Å²) in [6.07, 6.45) is 5.49. The lowest BCUT2D eigenvalue weighted by atomic mass is 9.85. The highest BCUT2D eigenvalue weighted by Gasteiger charge is 2.25. The molecule has 1 saturated carbocycles. The Morgan fingerprint density at radius 2 is 2.00 bits per heavy atom. The summed E-state index contributed by atoms with van der Waals surface area (Å²) in [6, 6.07) is 8.40. The lowest BCUT2D eigenvalue weighted by Gasteiger charge is -2.24. The van der Waals surface area contributed by atoms with Crippen molar-refractivity contribution in [3.63, 3.8) is 0 Å². The first kappa shape index (κ1) is 26.7. The molecule has 1 atom stereocenters. The van der Waals surface area contributed by atoms with Crippen LogP contribution < -0.4 is 16.0 Å². The Morgan fingerprint density at radius 1 is 1.27 bits per heavy atom. The Morgan fingerprint density at radius 3 is 2.60 bits per heavy atom. The molecule has 1 fully saturated rings. The molecule has 0 saturated heterocycles. The van der Waals surface area contributed by atoms with E-state index in [1.165, 1.54) is 12.8 Å². The van der Waals surface area contributed by atoms with Crippen LogP contribution in [0.15, 0.2) is 29.3 Å². The average Bonchev–Trinajstić information content (AvgIpc) is 2.67. The summed E-state index contributed by atoms with van der Waals surface area (Å²) in [4.78, 5) is 18.9. The second-order valence-electron chi connectivity index (χ2n) is 7.96. The van der Waals surface area contributed by atoms with Crippen LogP contribution in [0.1, 0.15) is 58.4 Å². The molecule has 0 aromatic heterocycles. The van der Waals surface area contributed by atoms with Crippen LogP contribution in [0.3, 0.4) is 0 Å². The van der Waals surface area contributed by atoms with E-state index in [-0.39, 0.29) is 35.8 Å². The van der Waals surface area contributed by atoms with Gasteiger partial charge in [0.05, 0.1) is 0 Å². The Hall–Kier alpha value is -1.35. The van der Waals surface area contributed by atoms with E-state index in [9.17, 15) is 4.79 Å². The van der Waals surface area contributed by atoms with Gasteiger partial charge in [-0.2, -0.15) is 0 Å². The second-order valence-corrected chi connectivity index (χ2v) is 7.96. The number of benzene rings is 1. The number of carbonyl (C=O) groups excluding carboxylic acids is 1. The quantitative estimate of drug-likeness (QED) is 0.228. The summed E-state index contributed by atoms with van der Waals surface area (Å²) in [5, 5.41) is 9.90. The normalized spacial score (nSPS) is 15.2. The van der Waals surface area contributed by atoms with Gasteiger partial charge in [0.25, 0.3) is 0 Å². The molecule has 0 heterocycles. The number of hydrogen-bond donors (Lipinski definition) is 3. The number of amides is 1. The standard InChI is InChI=1S/C23H39N5O.HI/c1-5-28(6-2)15-9-10-18(3)26-23(24-4)25-17-19-11-7-14-21(16-19)27-22(29)20-12-8-13-20;/h7,11,14,16,18,20H,5-6,8-10,12-13,15,17H2,1-4H3,(H,27,29)(H2,24,25,26);1H. The highest BCUT2D eigenvalue weighted by atomic mass is 127. The first-order valence-electron chi connectivity index (χ1n) is 11.1. The smallest absolute Gasteiger partial charge is 0.227 e. The SMILES string of the molecule is CCN(CC)CCCC(C)NC(=NC)NCc1cccc(NC(=O)C2CCC2)c1.I. The number of nitrogens with zero attached hydrogens (tertiary/aromatic N) is 2. The van der Waals surface area contributed by atoms with Crippen LogP contribution in [0.25, 0.3) is 0 Å². The van der Waals surface area contributed by atoms with Crippen LogP contribution in [-0.4, -0.2) is 49.5 Å². The molecule has 2 rings (SSSR count). The summed E-state index contributed by atoms with van der Waals surface area (Å²) < 4.78 is 0. The molecule has 1 amide bonds. The molecule has 0 spiro atoms. The molecule has 0 aliphatic heterocycles. The van der Waals surface area contributed by atoms with Crippen molar-refractivity contribution in [2.45, 2.75) is 65.5 Å². The molecule has 0 bridgehead atoms. The topological polar surface area (TPSA) is 68.8 Å². The van der Waals surface area contributed by atoms with Gasteiger partial charge in [0.15, 0.2) is 5.96 Å². The lowest BCUT2D eigenvalue weighted by molar-refractivity contribution is -0.122. The third-order valence-electron chi connectivity index (χ3n) is 5.74. The zero-order chi connectivity index (χ0) is 21.1. The van der Waals surface area contributed by atoms with Crippen LogP contribution in [0.5, 0.6) is 0 Å². The zero-order valence-corrected chi connectivity index (χ0v) is 21.4. The van der Waals surface area contributed by atoms with E-state index in [0.29, 0.717) is 12.6 Å². The molecule has 1 unspecified atom stereocenters. The molecule has 1 aromatic rings. The number of aliphatic imine (C=N–C) groups is 1. The van der Waals surface area contributed by atoms with E-state index in [4.69, 9.17) is 0 Å². The summed E-state index contributed by atoms with van der Waals surface area (Å²) >= 11 is 0. The monoisotopic (exact) mass is 529 g/mol. The van der Waals surface area contributed by atoms with Gasteiger partial charge in [0.1, 0.15) is 0 Å². The predicted octanol–water partition coefficient (Wildman–Crippen LogP) is 4.22. The predicted molar refractivity (Wildman–Crippen MR) is 138 cm³/mol.